The van der Waals surface area contributed by atoms with Crippen molar-refractivity contribution in [2.45, 2.75) is 27.3 Å². The maximum absolute atomic E-state index is 12.7. The Labute approximate surface area is 188 Å². The van der Waals surface area contributed by atoms with Crippen LogP contribution in [0.1, 0.15) is 32.6 Å². The molecule has 0 aliphatic heterocycles. The third-order valence-corrected chi connectivity index (χ3v) is 6.37. The molecule has 0 heterocycles. The molecule has 0 fully saturated rings. The molecule has 0 radical (unpaired) electrons. The Hall–Kier alpha value is -2.83. The van der Waals surface area contributed by atoms with Gasteiger partial charge in [0.15, 0.2) is 0 Å². The number of hydrogen-bond donors (Lipinski definition) is 1. The van der Waals surface area contributed by atoms with Crippen LogP contribution < -0.4 is 9.62 Å². The molecule has 7 heteroatoms. The van der Waals surface area contributed by atoms with Crippen molar-refractivity contribution >= 4 is 38.9 Å². The van der Waals surface area contributed by atoms with Crippen molar-refractivity contribution in [2.24, 2.45) is 0 Å². The minimum atomic E-state index is -3.52. The molecular formula is C24H25ClN2O3S. The molecule has 162 valence electrons. The fourth-order valence-corrected chi connectivity index (χ4v) is 4.51. The van der Waals surface area contributed by atoms with Crippen LogP contribution in [0.2, 0.25) is 5.02 Å². The standard InChI is InChI=1S/C24H25ClN2O3S/c1-16-13-17(2)23(18(3)14-16)26-24(28)20-7-11-22(12-8-20)27(31(4,29)30)15-19-5-9-21(25)10-6-19/h5-14H,15H2,1-4H3,(H,26,28). The second-order valence-electron chi connectivity index (χ2n) is 7.67. The van der Waals surface area contributed by atoms with Gasteiger partial charge >= 0.3 is 0 Å². The minimum Gasteiger partial charge on any atom is -0.322 e. The summed E-state index contributed by atoms with van der Waals surface area (Å²) in [5.74, 6) is -0.245. The fraction of sp³-hybridized carbons (Fsp3) is 0.208. The van der Waals surface area contributed by atoms with Crippen LogP contribution in [0.3, 0.4) is 0 Å². The van der Waals surface area contributed by atoms with Gasteiger partial charge in [-0.3, -0.25) is 9.10 Å². The van der Waals surface area contributed by atoms with Crippen molar-refractivity contribution in [1.29, 1.82) is 0 Å². The second-order valence-corrected chi connectivity index (χ2v) is 10.0. The zero-order valence-corrected chi connectivity index (χ0v) is 19.5. The van der Waals surface area contributed by atoms with E-state index < -0.39 is 10.0 Å². The first kappa shape index (κ1) is 22.8. The van der Waals surface area contributed by atoms with Crippen LogP contribution in [0.4, 0.5) is 11.4 Å². The summed E-state index contributed by atoms with van der Waals surface area (Å²) >= 11 is 5.92. The average Bonchev–Trinajstić information content (AvgIpc) is 2.69. The molecule has 3 rings (SSSR count). The van der Waals surface area contributed by atoms with E-state index in [2.05, 4.69) is 5.32 Å². The van der Waals surface area contributed by atoms with Gasteiger partial charge in [0.05, 0.1) is 18.5 Å². The zero-order chi connectivity index (χ0) is 22.8. The number of halogens is 1. The molecule has 3 aromatic rings. The molecule has 0 aromatic heterocycles. The normalized spacial score (nSPS) is 11.3. The van der Waals surface area contributed by atoms with E-state index in [1.165, 1.54) is 4.31 Å². The van der Waals surface area contributed by atoms with Crippen LogP contribution in [-0.2, 0) is 16.6 Å². The summed E-state index contributed by atoms with van der Waals surface area (Å²) in [5.41, 5.74) is 5.66. The molecule has 0 aliphatic carbocycles. The third kappa shape index (κ3) is 5.66. The number of nitrogens with one attached hydrogen (secondary N) is 1. The molecule has 31 heavy (non-hydrogen) atoms. The Morgan fingerprint density at radius 3 is 2.00 bits per heavy atom. The summed E-state index contributed by atoms with van der Waals surface area (Å²) < 4.78 is 26.1. The molecular weight excluding hydrogens is 432 g/mol. The van der Waals surface area contributed by atoms with Crippen molar-refractivity contribution in [3.63, 3.8) is 0 Å². The Morgan fingerprint density at radius 1 is 0.935 bits per heavy atom. The van der Waals surface area contributed by atoms with Crippen molar-refractivity contribution in [3.8, 4) is 0 Å². The predicted molar refractivity (Wildman–Crippen MR) is 128 cm³/mol. The van der Waals surface area contributed by atoms with Crippen LogP contribution in [-0.4, -0.2) is 20.6 Å². The van der Waals surface area contributed by atoms with Gasteiger partial charge in [-0.25, -0.2) is 8.42 Å². The summed E-state index contributed by atoms with van der Waals surface area (Å²) in [5, 5.41) is 3.55. The highest BCUT2D eigenvalue weighted by molar-refractivity contribution is 7.92. The maximum atomic E-state index is 12.7. The number of sulfonamides is 1. The number of nitrogens with zero attached hydrogens (tertiary/aromatic N) is 1. The predicted octanol–water partition coefficient (Wildman–Crippen LogP) is 5.48. The Morgan fingerprint density at radius 2 is 1.48 bits per heavy atom. The second kappa shape index (κ2) is 9.12. The Kier molecular flexibility index (Phi) is 6.72. The van der Waals surface area contributed by atoms with Crippen molar-refractivity contribution < 1.29 is 13.2 Å². The van der Waals surface area contributed by atoms with Crippen LogP contribution >= 0.6 is 11.6 Å². The molecule has 0 atom stereocenters. The number of aryl methyl sites for hydroxylation is 3. The first-order chi connectivity index (χ1) is 14.5. The smallest absolute Gasteiger partial charge is 0.255 e. The molecule has 3 aromatic carbocycles. The molecule has 0 saturated carbocycles. The van der Waals surface area contributed by atoms with Gasteiger partial charge in [0.1, 0.15) is 0 Å². The van der Waals surface area contributed by atoms with Gasteiger partial charge in [-0.05, 0) is 73.9 Å². The highest BCUT2D eigenvalue weighted by Crippen LogP contribution is 2.25. The third-order valence-electron chi connectivity index (χ3n) is 4.97. The lowest BCUT2D eigenvalue weighted by atomic mass is 10.0. The van der Waals surface area contributed by atoms with E-state index in [-0.39, 0.29) is 12.5 Å². The summed E-state index contributed by atoms with van der Waals surface area (Å²) in [6.45, 7) is 6.10. The molecule has 0 unspecified atom stereocenters. The summed E-state index contributed by atoms with van der Waals surface area (Å²) in [7, 11) is -3.52. The molecule has 1 amide bonds. The van der Waals surface area contributed by atoms with Crippen molar-refractivity contribution in [3.05, 3.63) is 93.5 Å². The van der Waals surface area contributed by atoms with Gasteiger partial charge in [-0.15, -0.1) is 0 Å². The monoisotopic (exact) mass is 456 g/mol. The van der Waals surface area contributed by atoms with Gasteiger partial charge in [-0.1, -0.05) is 41.4 Å². The number of amides is 1. The number of rotatable bonds is 6. The van der Waals surface area contributed by atoms with E-state index in [0.29, 0.717) is 16.3 Å². The number of anilines is 2. The average molecular weight is 457 g/mol. The lowest BCUT2D eigenvalue weighted by molar-refractivity contribution is 0.102. The summed E-state index contributed by atoms with van der Waals surface area (Å²) in [4.78, 5) is 12.7. The number of carbonyl (C=O) groups excluding carboxylic acids is 1. The number of benzene rings is 3. The summed E-state index contributed by atoms with van der Waals surface area (Å²) in [6, 6.07) is 17.6. The summed E-state index contributed by atoms with van der Waals surface area (Å²) in [6.07, 6.45) is 1.16. The minimum absolute atomic E-state index is 0.170. The van der Waals surface area contributed by atoms with E-state index in [0.717, 1.165) is 34.2 Å². The van der Waals surface area contributed by atoms with E-state index in [1.54, 1.807) is 48.5 Å². The van der Waals surface area contributed by atoms with E-state index in [9.17, 15) is 13.2 Å². The van der Waals surface area contributed by atoms with Crippen molar-refractivity contribution in [2.75, 3.05) is 15.9 Å². The van der Waals surface area contributed by atoms with E-state index in [4.69, 9.17) is 11.6 Å². The Balaban J connectivity index is 1.83. The lowest BCUT2D eigenvalue weighted by Gasteiger charge is -2.23. The number of carbonyl (C=O) groups is 1. The molecule has 0 spiro atoms. The Bertz CT molecular complexity index is 1180. The molecule has 0 saturated heterocycles. The molecule has 5 nitrogen and oxygen atoms in total. The zero-order valence-electron chi connectivity index (χ0n) is 17.9. The topological polar surface area (TPSA) is 66.5 Å². The van der Waals surface area contributed by atoms with Crippen LogP contribution in [0, 0.1) is 20.8 Å². The highest BCUT2D eigenvalue weighted by atomic mass is 35.5. The highest BCUT2D eigenvalue weighted by Gasteiger charge is 2.19. The van der Waals surface area contributed by atoms with Crippen LogP contribution in [0.25, 0.3) is 0 Å². The molecule has 1 N–H and O–H groups in total. The van der Waals surface area contributed by atoms with Gasteiger partial charge < -0.3 is 5.32 Å². The van der Waals surface area contributed by atoms with Gasteiger partial charge in [0.25, 0.3) is 5.91 Å². The SMILES string of the molecule is Cc1cc(C)c(NC(=O)c2ccc(N(Cc3ccc(Cl)cc3)S(C)(=O)=O)cc2)c(C)c1. The van der Waals surface area contributed by atoms with Crippen LogP contribution in [0.5, 0.6) is 0 Å². The first-order valence-corrected chi connectivity index (χ1v) is 12.0. The quantitative estimate of drug-likeness (QED) is 0.533. The van der Waals surface area contributed by atoms with Crippen LogP contribution in [0.15, 0.2) is 60.7 Å². The van der Waals surface area contributed by atoms with Crippen molar-refractivity contribution in [1.82, 2.24) is 0 Å². The number of hydrogen-bond acceptors (Lipinski definition) is 3. The van der Waals surface area contributed by atoms with Gasteiger partial charge in [0, 0.05) is 16.3 Å². The molecule has 0 aliphatic rings. The van der Waals surface area contributed by atoms with Gasteiger partial charge in [-0.2, -0.15) is 0 Å². The molecule has 0 bridgehead atoms. The van der Waals surface area contributed by atoms with E-state index in [1.807, 2.05) is 32.9 Å². The fourth-order valence-electron chi connectivity index (χ4n) is 3.50. The maximum Gasteiger partial charge on any atom is 0.255 e. The van der Waals surface area contributed by atoms with E-state index >= 15 is 0 Å². The lowest BCUT2D eigenvalue weighted by Crippen LogP contribution is -2.29. The largest absolute Gasteiger partial charge is 0.322 e. The van der Waals surface area contributed by atoms with Gasteiger partial charge in [0.2, 0.25) is 10.0 Å². The first-order valence-electron chi connectivity index (χ1n) is 9.76.